The van der Waals surface area contributed by atoms with Gasteiger partial charge in [-0.2, -0.15) is 10.1 Å². The van der Waals surface area contributed by atoms with Crippen LogP contribution >= 0.6 is 0 Å². The Morgan fingerprint density at radius 1 is 1.33 bits per heavy atom. The molecular formula is C17H15N5O2. The molecule has 0 N–H and O–H groups in total. The van der Waals surface area contributed by atoms with Crippen molar-refractivity contribution >= 4 is 10.9 Å². The molecule has 1 saturated carbocycles. The van der Waals surface area contributed by atoms with E-state index in [1.54, 1.807) is 24.5 Å². The summed E-state index contributed by atoms with van der Waals surface area (Å²) in [5.41, 5.74) is 0.362. The summed E-state index contributed by atoms with van der Waals surface area (Å²) in [5.74, 6) is 8.87. The van der Waals surface area contributed by atoms with Crippen LogP contribution in [0.4, 0.5) is 0 Å². The van der Waals surface area contributed by atoms with Crippen molar-refractivity contribution in [1.29, 1.82) is 0 Å². The van der Waals surface area contributed by atoms with E-state index in [1.165, 1.54) is 4.68 Å². The molecule has 7 heteroatoms. The first kappa shape index (κ1) is 13.4. The topological polar surface area (TPSA) is 86.7 Å². The highest BCUT2D eigenvalue weighted by Crippen LogP contribution is 2.57. The summed E-state index contributed by atoms with van der Waals surface area (Å²) in [4.78, 5) is 21.0. The van der Waals surface area contributed by atoms with Crippen LogP contribution < -0.4 is 5.56 Å². The van der Waals surface area contributed by atoms with Crippen LogP contribution in [-0.2, 0) is 6.54 Å². The molecule has 24 heavy (non-hydrogen) atoms. The van der Waals surface area contributed by atoms with Crippen LogP contribution in [0.25, 0.3) is 10.9 Å². The minimum Gasteiger partial charge on any atom is -0.337 e. The smallest absolute Gasteiger partial charge is 0.276 e. The molecule has 2 aliphatic carbocycles. The SMILES string of the molecule is O=c1c2cccnc2cnn1Cc1nc(C2[C@H]3CC#CC[C@@H]23)no1.[HH]. The number of hydrogen-bond acceptors (Lipinski definition) is 6. The Bertz CT molecular complexity index is 1050. The number of rotatable bonds is 3. The van der Waals surface area contributed by atoms with Crippen molar-refractivity contribution in [2.45, 2.75) is 25.3 Å². The van der Waals surface area contributed by atoms with Crippen LogP contribution in [0, 0.1) is 23.7 Å². The number of aromatic nitrogens is 5. The molecular weight excluding hydrogens is 306 g/mol. The van der Waals surface area contributed by atoms with Crippen molar-refractivity contribution in [3.63, 3.8) is 0 Å². The van der Waals surface area contributed by atoms with Gasteiger partial charge in [-0.1, -0.05) is 5.16 Å². The Labute approximate surface area is 138 Å². The molecule has 0 amide bonds. The Morgan fingerprint density at radius 3 is 3.00 bits per heavy atom. The summed E-state index contributed by atoms with van der Waals surface area (Å²) in [6.45, 7) is 0.162. The van der Waals surface area contributed by atoms with E-state index < -0.39 is 0 Å². The van der Waals surface area contributed by atoms with Gasteiger partial charge in [0.15, 0.2) is 5.82 Å². The summed E-state index contributed by atoms with van der Waals surface area (Å²) in [6, 6.07) is 3.47. The fourth-order valence-corrected chi connectivity index (χ4v) is 3.49. The highest BCUT2D eigenvalue weighted by Gasteiger charge is 2.53. The fraction of sp³-hybridized carbons (Fsp3) is 0.353. The average Bonchev–Trinajstić information content (AvgIpc) is 3.18. The van der Waals surface area contributed by atoms with Gasteiger partial charge in [0, 0.05) is 26.4 Å². The summed E-state index contributed by atoms with van der Waals surface area (Å²) in [7, 11) is 0. The molecule has 0 aromatic carbocycles. The largest absolute Gasteiger partial charge is 0.337 e. The summed E-state index contributed by atoms with van der Waals surface area (Å²) in [5, 5.41) is 8.76. The second-order valence-corrected chi connectivity index (χ2v) is 6.21. The lowest BCUT2D eigenvalue weighted by Crippen LogP contribution is -2.23. The zero-order chi connectivity index (χ0) is 16.1. The molecule has 3 atom stereocenters. The lowest BCUT2D eigenvalue weighted by Gasteiger charge is -2.01. The number of fused-ring (bicyclic) bond motifs is 2. The van der Waals surface area contributed by atoms with E-state index in [2.05, 4.69) is 32.1 Å². The first-order chi connectivity index (χ1) is 11.8. The number of hydrogen-bond donors (Lipinski definition) is 0. The van der Waals surface area contributed by atoms with Crippen molar-refractivity contribution in [3.8, 4) is 11.8 Å². The molecule has 3 aromatic rings. The molecule has 3 heterocycles. The minimum atomic E-state index is -0.214. The van der Waals surface area contributed by atoms with Gasteiger partial charge in [0.05, 0.1) is 17.1 Å². The highest BCUT2D eigenvalue weighted by atomic mass is 16.5. The van der Waals surface area contributed by atoms with Crippen LogP contribution in [0.1, 0.15) is 31.9 Å². The summed E-state index contributed by atoms with van der Waals surface area (Å²) < 4.78 is 6.65. The second-order valence-electron chi connectivity index (χ2n) is 6.21. The van der Waals surface area contributed by atoms with Crippen molar-refractivity contribution in [3.05, 3.63) is 46.6 Å². The van der Waals surface area contributed by atoms with Gasteiger partial charge >= 0.3 is 0 Å². The molecule has 1 unspecified atom stereocenters. The summed E-state index contributed by atoms with van der Waals surface area (Å²) >= 11 is 0. The molecule has 7 nitrogen and oxygen atoms in total. The third kappa shape index (κ3) is 2.03. The Kier molecular flexibility index (Phi) is 2.80. The predicted molar refractivity (Wildman–Crippen MR) is 86.0 cm³/mol. The van der Waals surface area contributed by atoms with Crippen LogP contribution in [0.2, 0.25) is 0 Å². The number of pyridine rings is 1. The zero-order valence-corrected chi connectivity index (χ0v) is 12.7. The Balaban J connectivity index is 0.00000157. The monoisotopic (exact) mass is 321 g/mol. The molecule has 0 aliphatic heterocycles. The van der Waals surface area contributed by atoms with E-state index in [1.807, 2.05) is 0 Å². The van der Waals surface area contributed by atoms with Gasteiger partial charge < -0.3 is 4.52 Å². The van der Waals surface area contributed by atoms with Gasteiger partial charge in [0.2, 0.25) is 5.89 Å². The Hall–Kier alpha value is -3.01. The maximum atomic E-state index is 12.4. The van der Waals surface area contributed by atoms with Gasteiger partial charge in [-0.3, -0.25) is 9.78 Å². The van der Waals surface area contributed by atoms with E-state index >= 15 is 0 Å². The van der Waals surface area contributed by atoms with E-state index in [4.69, 9.17) is 4.52 Å². The van der Waals surface area contributed by atoms with Crippen LogP contribution in [0.3, 0.4) is 0 Å². The molecule has 3 aromatic heterocycles. The number of nitrogens with zero attached hydrogens (tertiary/aromatic N) is 5. The lowest BCUT2D eigenvalue weighted by atomic mass is 10.1. The highest BCUT2D eigenvalue weighted by molar-refractivity contribution is 5.75. The molecule has 0 radical (unpaired) electrons. The first-order valence-corrected chi connectivity index (χ1v) is 7.90. The average molecular weight is 321 g/mol. The van der Waals surface area contributed by atoms with Gasteiger partial charge in [0.1, 0.15) is 6.54 Å². The molecule has 0 saturated heterocycles. The lowest BCUT2D eigenvalue weighted by molar-refractivity contribution is 0.358. The van der Waals surface area contributed by atoms with Gasteiger partial charge in [0.25, 0.3) is 5.56 Å². The minimum absolute atomic E-state index is 0. The first-order valence-electron chi connectivity index (χ1n) is 7.90. The standard InChI is InChI=1S/C17H13N5O2.H2/c23-17-12-6-3-7-18-13(12)8-19-22(17)9-14-20-16(21-24-14)15-10-4-1-2-5-11(10)15;/h3,6-8,10-11,15H,4-5,9H2;1H/t10-,11+,15?;. The summed E-state index contributed by atoms with van der Waals surface area (Å²) in [6.07, 6.45) is 5.04. The third-order valence-electron chi connectivity index (χ3n) is 4.82. The van der Waals surface area contributed by atoms with Gasteiger partial charge in [-0.25, -0.2) is 4.68 Å². The maximum absolute atomic E-state index is 12.4. The fourth-order valence-electron chi connectivity index (χ4n) is 3.49. The predicted octanol–water partition coefficient (Wildman–Crippen LogP) is 1.60. The van der Waals surface area contributed by atoms with Gasteiger partial charge in [-0.05, 0) is 24.0 Å². The van der Waals surface area contributed by atoms with Crippen molar-refractivity contribution in [1.82, 2.24) is 24.9 Å². The van der Waals surface area contributed by atoms with E-state index in [0.717, 1.165) is 18.7 Å². The molecule has 2 aliphatic rings. The quantitative estimate of drug-likeness (QED) is 0.681. The molecule has 1 fully saturated rings. The normalized spacial score (nSPS) is 24.2. The third-order valence-corrected chi connectivity index (χ3v) is 4.82. The molecule has 0 bridgehead atoms. The van der Waals surface area contributed by atoms with Crippen LogP contribution in [0.15, 0.2) is 33.8 Å². The van der Waals surface area contributed by atoms with Crippen molar-refractivity contribution in [2.24, 2.45) is 11.8 Å². The zero-order valence-electron chi connectivity index (χ0n) is 12.7. The Morgan fingerprint density at radius 2 is 2.17 bits per heavy atom. The second kappa shape index (κ2) is 4.99. The van der Waals surface area contributed by atoms with Gasteiger partial charge in [-0.15, -0.1) is 11.8 Å². The molecule has 5 rings (SSSR count). The molecule has 0 spiro atoms. The van der Waals surface area contributed by atoms with Crippen LogP contribution in [0.5, 0.6) is 0 Å². The van der Waals surface area contributed by atoms with Crippen LogP contribution in [-0.4, -0.2) is 24.9 Å². The van der Waals surface area contributed by atoms with E-state index in [-0.39, 0.29) is 13.5 Å². The van der Waals surface area contributed by atoms with Crippen molar-refractivity contribution in [2.75, 3.05) is 0 Å². The molecule has 120 valence electrons. The van der Waals surface area contributed by atoms with Crippen molar-refractivity contribution < 1.29 is 5.95 Å². The van der Waals surface area contributed by atoms with E-state index in [0.29, 0.717) is 34.5 Å². The maximum Gasteiger partial charge on any atom is 0.276 e. The van der Waals surface area contributed by atoms with E-state index in [9.17, 15) is 4.79 Å².